The number of unbranched alkanes of at least 4 members (excludes halogenated alkanes) is 1. The van der Waals surface area contributed by atoms with Gasteiger partial charge in [0.25, 0.3) is 11.5 Å². The highest BCUT2D eigenvalue weighted by molar-refractivity contribution is 7.14. The van der Waals surface area contributed by atoms with Gasteiger partial charge in [0.15, 0.2) is 10.8 Å². The third-order valence-corrected chi connectivity index (χ3v) is 6.07. The predicted molar refractivity (Wildman–Crippen MR) is 139 cm³/mol. The minimum atomic E-state index is -0.722. The molecule has 3 N–H and O–H groups in total. The van der Waals surface area contributed by atoms with Gasteiger partial charge in [-0.15, -0.1) is 11.3 Å². The summed E-state index contributed by atoms with van der Waals surface area (Å²) in [4.78, 5) is 59.4. The number of nitrogens with two attached hydrogens (primary N) is 1. The first kappa shape index (κ1) is 25.6. The van der Waals surface area contributed by atoms with E-state index in [1.807, 2.05) is 37.3 Å². The van der Waals surface area contributed by atoms with Crippen LogP contribution < -0.4 is 26.8 Å². The van der Waals surface area contributed by atoms with E-state index in [1.165, 1.54) is 44.8 Å². The van der Waals surface area contributed by atoms with Gasteiger partial charge in [-0.2, -0.15) is 0 Å². The number of para-hydroxylation sites is 1. The summed E-state index contributed by atoms with van der Waals surface area (Å²) in [5.41, 5.74) is 5.92. The number of aromatic nitrogens is 3. The number of hydrogen-bond donors (Lipinski definition) is 2. The Hall–Kier alpha value is -3.99. The third kappa shape index (κ3) is 5.75. The SMILES string of the molecule is CCCCn1c(N)c(N(CC)C(=O)/C=C/c2csc(N(C(C)=O)c3ccccc3)n2)c(=O)[nH]c1=O. The number of benzene rings is 1. The summed E-state index contributed by atoms with van der Waals surface area (Å²) in [7, 11) is 0. The Balaban J connectivity index is 1.87. The molecule has 0 aliphatic rings. The van der Waals surface area contributed by atoms with Crippen LogP contribution in [0.2, 0.25) is 0 Å². The second-order valence-electron chi connectivity index (χ2n) is 7.66. The zero-order valence-corrected chi connectivity index (χ0v) is 20.7. The number of amides is 2. The lowest BCUT2D eigenvalue weighted by Gasteiger charge is -2.21. The summed E-state index contributed by atoms with van der Waals surface area (Å²) in [5.74, 6) is -0.736. The van der Waals surface area contributed by atoms with Crippen LogP contribution in [0, 0.1) is 0 Å². The smallest absolute Gasteiger partial charge is 0.330 e. The van der Waals surface area contributed by atoms with E-state index in [9.17, 15) is 19.2 Å². The highest BCUT2D eigenvalue weighted by Gasteiger charge is 2.22. The van der Waals surface area contributed by atoms with Gasteiger partial charge in [0.1, 0.15) is 5.82 Å². The fraction of sp³-hybridized carbons (Fsp3) is 0.292. The van der Waals surface area contributed by atoms with Crippen molar-refractivity contribution in [3.8, 4) is 0 Å². The molecule has 0 saturated carbocycles. The summed E-state index contributed by atoms with van der Waals surface area (Å²) in [6, 6.07) is 9.13. The summed E-state index contributed by atoms with van der Waals surface area (Å²) >= 11 is 1.26. The van der Waals surface area contributed by atoms with E-state index in [2.05, 4.69) is 9.97 Å². The van der Waals surface area contributed by atoms with Gasteiger partial charge in [0.2, 0.25) is 5.91 Å². The van der Waals surface area contributed by atoms with Gasteiger partial charge >= 0.3 is 5.69 Å². The van der Waals surface area contributed by atoms with Crippen molar-refractivity contribution >= 4 is 51.6 Å². The first-order valence-electron chi connectivity index (χ1n) is 11.2. The summed E-state index contributed by atoms with van der Waals surface area (Å²) in [6.07, 6.45) is 4.32. The molecule has 1 aromatic carbocycles. The summed E-state index contributed by atoms with van der Waals surface area (Å²) in [5, 5.41) is 2.19. The van der Waals surface area contributed by atoms with E-state index >= 15 is 0 Å². The number of carbonyl (C=O) groups excluding carboxylic acids is 2. The van der Waals surface area contributed by atoms with Crippen LogP contribution in [0.15, 0.2) is 51.4 Å². The molecule has 0 bridgehead atoms. The quantitative estimate of drug-likeness (QED) is 0.437. The predicted octanol–water partition coefficient (Wildman–Crippen LogP) is 3.13. The van der Waals surface area contributed by atoms with Crippen LogP contribution in [-0.4, -0.2) is 32.9 Å². The molecule has 0 aliphatic carbocycles. The zero-order chi connectivity index (χ0) is 25.5. The molecule has 0 spiro atoms. The molecule has 2 heterocycles. The topological polar surface area (TPSA) is 134 Å². The maximum absolute atomic E-state index is 13.0. The molecule has 3 rings (SSSR count). The van der Waals surface area contributed by atoms with Crippen LogP contribution in [0.4, 0.5) is 22.3 Å². The lowest BCUT2D eigenvalue weighted by atomic mass is 10.3. The van der Waals surface area contributed by atoms with Gasteiger partial charge in [-0.1, -0.05) is 31.5 Å². The van der Waals surface area contributed by atoms with Crippen molar-refractivity contribution in [2.24, 2.45) is 0 Å². The van der Waals surface area contributed by atoms with E-state index < -0.39 is 17.2 Å². The molecule has 10 nitrogen and oxygen atoms in total. The Morgan fingerprint density at radius 3 is 2.54 bits per heavy atom. The maximum Gasteiger partial charge on any atom is 0.330 e. The molecule has 0 fully saturated rings. The number of nitrogen functional groups attached to an aromatic ring is 1. The molecule has 35 heavy (non-hydrogen) atoms. The van der Waals surface area contributed by atoms with Crippen LogP contribution in [0.3, 0.4) is 0 Å². The molecular formula is C24H28N6O4S. The summed E-state index contributed by atoms with van der Waals surface area (Å²) in [6.45, 7) is 5.63. The molecule has 0 unspecified atom stereocenters. The molecule has 184 valence electrons. The molecule has 0 aliphatic heterocycles. The van der Waals surface area contributed by atoms with Gasteiger partial charge in [-0.3, -0.25) is 28.8 Å². The Morgan fingerprint density at radius 1 is 1.20 bits per heavy atom. The fourth-order valence-electron chi connectivity index (χ4n) is 3.51. The van der Waals surface area contributed by atoms with Crippen LogP contribution in [0.1, 0.15) is 39.3 Å². The van der Waals surface area contributed by atoms with E-state index in [-0.39, 0.29) is 24.0 Å². The van der Waals surface area contributed by atoms with E-state index in [0.29, 0.717) is 29.5 Å². The van der Waals surface area contributed by atoms with Crippen molar-refractivity contribution in [2.75, 3.05) is 22.1 Å². The van der Waals surface area contributed by atoms with Crippen LogP contribution in [0.5, 0.6) is 0 Å². The van der Waals surface area contributed by atoms with Crippen LogP contribution in [-0.2, 0) is 16.1 Å². The number of carbonyl (C=O) groups is 2. The number of rotatable bonds is 9. The number of anilines is 4. The molecule has 2 amide bonds. The van der Waals surface area contributed by atoms with Crippen LogP contribution >= 0.6 is 11.3 Å². The van der Waals surface area contributed by atoms with E-state index in [1.54, 1.807) is 12.3 Å². The van der Waals surface area contributed by atoms with Crippen molar-refractivity contribution in [3.63, 3.8) is 0 Å². The standard InChI is InChI=1S/C24H28N6O4S/c1-4-6-14-29-21(25)20(22(33)27-23(29)34)28(5-2)19(32)13-12-17-15-35-24(26-17)30(16(3)31)18-10-8-7-9-11-18/h7-13,15H,4-6,14,25H2,1-3H3,(H,27,33,34)/b13-12+. The second-order valence-corrected chi connectivity index (χ2v) is 8.50. The largest absolute Gasteiger partial charge is 0.383 e. The lowest BCUT2D eigenvalue weighted by molar-refractivity contribution is -0.116. The zero-order valence-electron chi connectivity index (χ0n) is 19.9. The number of nitrogens with one attached hydrogen (secondary N) is 1. The monoisotopic (exact) mass is 496 g/mol. The van der Waals surface area contributed by atoms with Gasteiger partial charge in [0.05, 0.1) is 11.4 Å². The normalized spacial score (nSPS) is 11.1. The molecular weight excluding hydrogens is 468 g/mol. The number of likely N-dealkylation sites (N-methyl/N-ethyl adjacent to an activating group) is 1. The first-order chi connectivity index (χ1) is 16.8. The number of aromatic amines is 1. The Kier molecular flexibility index (Phi) is 8.37. The highest BCUT2D eigenvalue weighted by Crippen LogP contribution is 2.29. The second kappa shape index (κ2) is 11.4. The van der Waals surface area contributed by atoms with E-state index in [0.717, 1.165) is 6.42 Å². The Labute approximate surface area is 206 Å². The average molecular weight is 497 g/mol. The van der Waals surface area contributed by atoms with Crippen molar-refractivity contribution in [1.29, 1.82) is 0 Å². The number of thiazole rings is 1. The number of nitrogens with zero attached hydrogens (tertiary/aromatic N) is 4. The number of H-pyrrole nitrogens is 1. The molecule has 0 saturated heterocycles. The lowest BCUT2D eigenvalue weighted by Crippen LogP contribution is -2.40. The fourth-order valence-corrected chi connectivity index (χ4v) is 4.36. The summed E-state index contributed by atoms with van der Waals surface area (Å²) < 4.78 is 1.27. The average Bonchev–Trinajstić information content (AvgIpc) is 3.29. The van der Waals surface area contributed by atoms with E-state index in [4.69, 9.17) is 5.73 Å². The Bertz CT molecular complexity index is 1340. The van der Waals surface area contributed by atoms with Gasteiger partial charge in [-0.25, -0.2) is 9.78 Å². The Morgan fingerprint density at radius 2 is 1.91 bits per heavy atom. The van der Waals surface area contributed by atoms with Gasteiger partial charge in [0, 0.05) is 31.5 Å². The minimum absolute atomic E-state index is 0.0493. The molecule has 0 atom stereocenters. The van der Waals surface area contributed by atoms with Gasteiger partial charge < -0.3 is 10.6 Å². The van der Waals surface area contributed by atoms with Crippen molar-refractivity contribution < 1.29 is 9.59 Å². The highest BCUT2D eigenvalue weighted by atomic mass is 32.1. The molecule has 11 heteroatoms. The van der Waals surface area contributed by atoms with Crippen LogP contribution in [0.25, 0.3) is 6.08 Å². The first-order valence-corrected chi connectivity index (χ1v) is 12.1. The number of hydrogen-bond acceptors (Lipinski definition) is 7. The molecule has 3 aromatic rings. The third-order valence-electron chi connectivity index (χ3n) is 5.23. The molecule has 0 radical (unpaired) electrons. The van der Waals surface area contributed by atoms with Gasteiger partial charge in [-0.05, 0) is 31.6 Å². The maximum atomic E-state index is 13.0. The molecule has 2 aromatic heterocycles. The van der Waals surface area contributed by atoms with Crippen molar-refractivity contribution in [3.05, 3.63) is 68.3 Å². The van der Waals surface area contributed by atoms with Crippen molar-refractivity contribution in [1.82, 2.24) is 14.5 Å². The van der Waals surface area contributed by atoms with Crippen molar-refractivity contribution in [2.45, 2.75) is 40.2 Å². The minimum Gasteiger partial charge on any atom is -0.383 e.